The summed E-state index contributed by atoms with van der Waals surface area (Å²) in [5.41, 5.74) is -0.813. The number of piperidine rings is 1. The van der Waals surface area contributed by atoms with Crippen LogP contribution in [0.1, 0.15) is 53.4 Å². The van der Waals surface area contributed by atoms with Crippen LogP contribution in [0.5, 0.6) is 5.75 Å². The summed E-state index contributed by atoms with van der Waals surface area (Å²) in [6.07, 6.45) is 3.84. The molecule has 0 saturated carbocycles. The first-order chi connectivity index (χ1) is 20.0. The standard InChI is InChI=1S/C27H35F2N9O4/c1-6-41-24(39)15(2)42-22-11-18(28)20(12-21(22)38-26(40)36(5)34-35-38)32-25-30-14-19(29)23(33-25)31-16-10-17-8-7-9-37(17)27(3,4)13-16/h11-12,14-17H,6-10,13H2,1-5H3,(H2,30,31,32,33). The lowest BCUT2D eigenvalue weighted by atomic mass is 9.84. The number of tetrazole rings is 1. The fraction of sp³-hybridized carbons (Fsp3) is 0.556. The highest BCUT2D eigenvalue weighted by atomic mass is 19.1. The van der Waals surface area contributed by atoms with Crippen LogP contribution in [0, 0.1) is 11.6 Å². The minimum absolute atomic E-state index is 0.000775. The Balaban J connectivity index is 1.42. The molecule has 3 unspecified atom stereocenters. The lowest BCUT2D eigenvalue weighted by Crippen LogP contribution is -2.55. The maximum Gasteiger partial charge on any atom is 0.368 e. The monoisotopic (exact) mass is 587 g/mol. The fourth-order valence-electron chi connectivity index (χ4n) is 5.82. The van der Waals surface area contributed by atoms with Crippen LogP contribution in [0.25, 0.3) is 5.69 Å². The van der Waals surface area contributed by atoms with Gasteiger partial charge in [-0.1, -0.05) is 0 Å². The highest BCUT2D eigenvalue weighted by Crippen LogP contribution is 2.39. The largest absolute Gasteiger partial charge is 0.477 e. The molecule has 1 aromatic carbocycles. The van der Waals surface area contributed by atoms with E-state index in [-0.39, 0.29) is 47.1 Å². The highest BCUT2D eigenvalue weighted by Gasteiger charge is 2.43. The van der Waals surface area contributed by atoms with Crippen LogP contribution in [0.15, 0.2) is 23.1 Å². The van der Waals surface area contributed by atoms with E-state index in [0.717, 1.165) is 53.9 Å². The molecule has 0 aliphatic carbocycles. The molecule has 15 heteroatoms. The second kappa shape index (κ2) is 11.6. The zero-order valence-corrected chi connectivity index (χ0v) is 24.2. The number of ether oxygens (including phenoxy) is 2. The van der Waals surface area contributed by atoms with Crippen LogP contribution in [-0.4, -0.2) is 77.5 Å². The number of hydrogen-bond acceptors (Lipinski definition) is 11. The number of rotatable bonds is 9. The van der Waals surface area contributed by atoms with Gasteiger partial charge < -0.3 is 20.1 Å². The molecule has 0 amide bonds. The number of carbonyl (C=O) groups is 1. The van der Waals surface area contributed by atoms with Gasteiger partial charge in [0.05, 0.1) is 18.5 Å². The SMILES string of the molecule is CCOC(=O)C(C)Oc1cc(F)c(Nc2ncc(F)c(NC3CC4CCCN4C(C)(C)C3)n2)cc1-n1nnn(C)c1=O. The molecule has 2 fully saturated rings. The minimum Gasteiger partial charge on any atom is -0.477 e. The quantitative estimate of drug-likeness (QED) is 0.357. The van der Waals surface area contributed by atoms with Crippen molar-refractivity contribution in [3.05, 3.63) is 40.4 Å². The van der Waals surface area contributed by atoms with Crippen molar-refractivity contribution in [2.75, 3.05) is 23.8 Å². The normalized spacial score (nSPS) is 20.5. The van der Waals surface area contributed by atoms with Crippen LogP contribution in [0.3, 0.4) is 0 Å². The van der Waals surface area contributed by atoms with Crippen molar-refractivity contribution in [1.29, 1.82) is 0 Å². The van der Waals surface area contributed by atoms with Gasteiger partial charge in [0.25, 0.3) is 0 Å². The van der Waals surface area contributed by atoms with Gasteiger partial charge in [0.15, 0.2) is 23.6 Å². The van der Waals surface area contributed by atoms with Crippen molar-refractivity contribution >= 4 is 23.4 Å². The van der Waals surface area contributed by atoms with Gasteiger partial charge >= 0.3 is 11.7 Å². The van der Waals surface area contributed by atoms with E-state index < -0.39 is 29.4 Å². The van der Waals surface area contributed by atoms with E-state index in [2.05, 4.69) is 49.8 Å². The van der Waals surface area contributed by atoms with Gasteiger partial charge in [-0.25, -0.2) is 23.4 Å². The Labute approximate surface area is 241 Å². The van der Waals surface area contributed by atoms with E-state index in [9.17, 15) is 14.0 Å². The van der Waals surface area contributed by atoms with Gasteiger partial charge in [-0.3, -0.25) is 4.90 Å². The number of fused-ring (bicyclic) bond motifs is 1. The Morgan fingerprint density at radius 1 is 1.24 bits per heavy atom. The lowest BCUT2D eigenvalue weighted by molar-refractivity contribution is -0.150. The molecule has 2 saturated heterocycles. The van der Waals surface area contributed by atoms with Crippen LogP contribution >= 0.6 is 0 Å². The molecule has 0 radical (unpaired) electrons. The second-order valence-electron chi connectivity index (χ2n) is 11.2. The zero-order valence-electron chi connectivity index (χ0n) is 24.2. The first-order valence-corrected chi connectivity index (χ1v) is 14.0. The van der Waals surface area contributed by atoms with Gasteiger partial charge in [-0.05, 0) is 76.4 Å². The Hall–Kier alpha value is -4.14. The lowest BCUT2D eigenvalue weighted by Gasteiger charge is -2.47. The summed E-state index contributed by atoms with van der Waals surface area (Å²) in [4.78, 5) is 35.6. The van der Waals surface area contributed by atoms with Gasteiger partial charge in [-0.15, -0.1) is 0 Å². The third-order valence-electron chi connectivity index (χ3n) is 7.71. The summed E-state index contributed by atoms with van der Waals surface area (Å²) in [5.74, 6) is -2.31. The van der Waals surface area contributed by atoms with E-state index >= 15 is 4.39 Å². The molecule has 0 bridgehead atoms. The predicted molar refractivity (Wildman–Crippen MR) is 149 cm³/mol. The number of esters is 1. The van der Waals surface area contributed by atoms with E-state index in [0.29, 0.717) is 6.04 Å². The molecule has 0 spiro atoms. The molecule has 2 N–H and O–H groups in total. The van der Waals surface area contributed by atoms with Gasteiger partial charge in [0.2, 0.25) is 5.95 Å². The Morgan fingerprint density at radius 2 is 2.02 bits per heavy atom. The Bertz CT molecular complexity index is 1530. The zero-order chi connectivity index (χ0) is 30.2. The molecule has 2 aliphatic rings. The number of benzene rings is 1. The Morgan fingerprint density at radius 3 is 2.74 bits per heavy atom. The topological polar surface area (TPSA) is 141 Å². The van der Waals surface area contributed by atoms with Crippen molar-refractivity contribution in [1.82, 2.24) is 34.7 Å². The number of carbonyl (C=O) groups excluding carboxylic acids is 1. The third kappa shape index (κ3) is 5.91. The van der Waals surface area contributed by atoms with Crippen LogP contribution < -0.4 is 21.1 Å². The smallest absolute Gasteiger partial charge is 0.368 e. The molecule has 226 valence electrons. The molecule has 4 heterocycles. The summed E-state index contributed by atoms with van der Waals surface area (Å²) < 4.78 is 42.7. The van der Waals surface area contributed by atoms with Gasteiger partial charge in [0.1, 0.15) is 11.4 Å². The maximum absolute atomic E-state index is 15.4. The molecular formula is C27H35F2N9O4. The van der Waals surface area contributed by atoms with Crippen molar-refractivity contribution < 1.29 is 23.0 Å². The minimum atomic E-state index is -1.11. The highest BCUT2D eigenvalue weighted by molar-refractivity contribution is 5.75. The molecule has 3 atom stereocenters. The van der Waals surface area contributed by atoms with E-state index in [1.54, 1.807) is 6.92 Å². The summed E-state index contributed by atoms with van der Waals surface area (Å²) >= 11 is 0. The number of anilines is 3. The predicted octanol–water partition coefficient (Wildman–Crippen LogP) is 2.93. The Kier molecular flexibility index (Phi) is 8.12. The molecule has 13 nitrogen and oxygen atoms in total. The molecular weight excluding hydrogens is 552 g/mol. The van der Waals surface area contributed by atoms with Crippen LogP contribution in [0.2, 0.25) is 0 Å². The van der Waals surface area contributed by atoms with Crippen LogP contribution in [-0.2, 0) is 16.6 Å². The first kappa shape index (κ1) is 29.4. The molecule has 2 aliphatic heterocycles. The van der Waals surface area contributed by atoms with Gasteiger partial charge in [0, 0.05) is 30.7 Å². The van der Waals surface area contributed by atoms with Crippen molar-refractivity contribution in [3.8, 4) is 11.4 Å². The number of hydrogen-bond donors (Lipinski definition) is 2. The molecule has 42 heavy (non-hydrogen) atoms. The van der Waals surface area contributed by atoms with Crippen molar-refractivity contribution in [3.63, 3.8) is 0 Å². The second-order valence-corrected chi connectivity index (χ2v) is 11.2. The van der Waals surface area contributed by atoms with Crippen LogP contribution in [0.4, 0.5) is 26.2 Å². The number of halogens is 2. The molecule has 3 aromatic rings. The van der Waals surface area contributed by atoms with Gasteiger partial charge in [-0.2, -0.15) is 14.3 Å². The first-order valence-electron chi connectivity index (χ1n) is 14.0. The average molecular weight is 588 g/mol. The number of aryl methyl sites for hydroxylation is 1. The fourth-order valence-corrected chi connectivity index (χ4v) is 5.82. The summed E-state index contributed by atoms with van der Waals surface area (Å²) in [6.45, 7) is 8.68. The summed E-state index contributed by atoms with van der Waals surface area (Å²) in [5, 5.41) is 13.5. The summed E-state index contributed by atoms with van der Waals surface area (Å²) in [7, 11) is 1.40. The summed E-state index contributed by atoms with van der Waals surface area (Å²) in [6, 6.07) is 2.67. The number of nitrogens with zero attached hydrogens (tertiary/aromatic N) is 7. The van der Waals surface area contributed by atoms with E-state index in [4.69, 9.17) is 9.47 Å². The number of nitrogens with one attached hydrogen (secondary N) is 2. The maximum atomic E-state index is 15.4. The average Bonchev–Trinajstić information content (AvgIpc) is 3.54. The third-order valence-corrected chi connectivity index (χ3v) is 7.71. The van der Waals surface area contributed by atoms with Crippen molar-refractivity contribution in [2.24, 2.45) is 7.05 Å². The van der Waals surface area contributed by atoms with Crippen molar-refractivity contribution in [2.45, 2.75) is 77.1 Å². The van der Waals surface area contributed by atoms with E-state index in [1.807, 2.05) is 0 Å². The van der Waals surface area contributed by atoms with E-state index in [1.165, 1.54) is 20.0 Å². The molecule has 2 aromatic heterocycles. The molecule has 5 rings (SSSR count). The number of aromatic nitrogens is 6.